The standard InChI is InChI=1S/C23H27FN2O3/c1-2-16-7-9-17(10-8-16)20(21(25)27)26-13-11-23(12-14-26,22(28)29)15-18-5-3-4-6-19(18)24/h3-10,20H,2,11-15H2,1H3,(H2,25,27)(H,28,29). The number of nitrogens with zero attached hydrogens (tertiary/aromatic N) is 1. The highest BCUT2D eigenvalue weighted by Gasteiger charge is 2.44. The predicted octanol–water partition coefficient (Wildman–Crippen LogP) is 3.32. The maximum absolute atomic E-state index is 14.1. The number of likely N-dealkylation sites (tertiary alicyclic amines) is 1. The highest BCUT2D eigenvalue weighted by Crippen LogP contribution is 2.38. The number of halogens is 1. The number of carboxylic acid groups (broad SMARTS) is 1. The van der Waals surface area contributed by atoms with Crippen LogP contribution in [0.5, 0.6) is 0 Å². The summed E-state index contributed by atoms with van der Waals surface area (Å²) in [5, 5.41) is 9.92. The molecule has 1 heterocycles. The Hall–Kier alpha value is -2.73. The fourth-order valence-corrected chi connectivity index (χ4v) is 4.17. The molecular weight excluding hydrogens is 371 g/mol. The smallest absolute Gasteiger partial charge is 0.310 e. The Balaban J connectivity index is 1.79. The van der Waals surface area contributed by atoms with Crippen molar-refractivity contribution in [3.63, 3.8) is 0 Å². The molecule has 29 heavy (non-hydrogen) atoms. The number of carbonyl (C=O) groups excluding carboxylic acids is 1. The van der Waals surface area contributed by atoms with Gasteiger partial charge in [0.2, 0.25) is 5.91 Å². The van der Waals surface area contributed by atoms with Gasteiger partial charge in [0.1, 0.15) is 11.9 Å². The number of carboxylic acids is 1. The molecule has 3 rings (SSSR count). The van der Waals surface area contributed by atoms with Crippen molar-refractivity contribution >= 4 is 11.9 Å². The van der Waals surface area contributed by atoms with Gasteiger partial charge in [0.15, 0.2) is 0 Å². The summed E-state index contributed by atoms with van der Waals surface area (Å²) < 4.78 is 14.1. The molecule has 1 saturated heterocycles. The molecule has 1 fully saturated rings. The van der Waals surface area contributed by atoms with Gasteiger partial charge in [-0.2, -0.15) is 0 Å². The zero-order chi connectivity index (χ0) is 21.0. The Morgan fingerprint density at radius 3 is 2.28 bits per heavy atom. The topological polar surface area (TPSA) is 83.6 Å². The average Bonchev–Trinajstić information content (AvgIpc) is 2.71. The summed E-state index contributed by atoms with van der Waals surface area (Å²) in [6.45, 7) is 2.88. The van der Waals surface area contributed by atoms with Crippen molar-refractivity contribution < 1.29 is 19.1 Å². The van der Waals surface area contributed by atoms with Crippen LogP contribution >= 0.6 is 0 Å². The maximum atomic E-state index is 14.1. The molecule has 2 aromatic carbocycles. The fourth-order valence-electron chi connectivity index (χ4n) is 4.17. The zero-order valence-electron chi connectivity index (χ0n) is 16.6. The quantitative estimate of drug-likeness (QED) is 0.749. The third kappa shape index (κ3) is 4.48. The summed E-state index contributed by atoms with van der Waals surface area (Å²) in [4.78, 5) is 26.2. The third-order valence-electron chi connectivity index (χ3n) is 6.03. The van der Waals surface area contributed by atoms with Crippen LogP contribution in [0.4, 0.5) is 4.39 Å². The molecule has 154 valence electrons. The number of benzene rings is 2. The van der Waals surface area contributed by atoms with E-state index in [1.54, 1.807) is 18.2 Å². The molecule has 0 saturated carbocycles. The van der Waals surface area contributed by atoms with Gasteiger partial charge >= 0.3 is 5.97 Å². The van der Waals surface area contributed by atoms with E-state index in [0.717, 1.165) is 12.0 Å². The number of piperidine rings is 1. The van der Waals surface area contributed by atoms with Gasteiger partial charge in [-0.3, -0.25) is 14.5 Å². The maximum Gasteiger partial charge on any atom is 0.310 e. The number of carbonyl (C=O) groups is 2. The zero-order valence-corrected chi connectivity index (χ0v) is 16.6. The number of rotatable bonds is 7. The van der Waals surface area contributed by atoms with E-state index in [1.807, 2.05) is 29.2 Å². The van der Waals surface area contributed by atoms with E-state index < -0.39 is 23.3 Å². The van der Waals surface area contributed by atoms with Crippen molar-refractivity contribution in [2.75, 3.05) is 13.1 Å². The minimum absolute atomic E-state index is 0.134. The van der Waals surface area contributed by atoms with Crippen LogP contribution in [0.3, 0.4) is 0 Å². The SMILES string of the molecule is CCc1ccc(C(C(N)=O)N2CCC(Cc3ccccc3F)(C(=O)O)CC2)cc1. The molecular formula is C23H27FN2O3. The Bertz CT molecular complexity index is 874. The van der Waals surface area contributed by atoms with E-state index in [4.69, 9.17) is 5.73 Å². The molecule has 1 aliphatic rings. The highest BCUT2D eigenvalue weighted by molar-refractivity contribution is 5.81. The lowest BCUT2D eigenvalue weighted by Gasteiger charge is -2.41. The second-order valence-corrected chi connectivity index (χ2v) is 7.79. The Morgan fingerprint density at radius 2 is 1.76 bits per heavy atom. The van der Waals surface area contributed by atoms with Gasteiger partial charge < -0.3 is 10.8 Å². The summed E-state index contributed by atoms with van der Waals surface area (Å²) in [6, 6.07) is 13.5. The minimum Gasteiger partial charge on any atom is -0.481 e. The van der Waals surface area contributed by atoms with Crippen LogP contribution in [0.2, 0.25) is 0 Å². The van der Waals surface area contributed by atoms with Crippen molar-refractivity contribution in [3.8, 4) is 0 Å². The summed E-state index contributed by atoms with van der Waals surface area (Å²) in [5.41, 5.74) is 7.04. The first-order valence-corrected chi connectivity index (χ1v) is 9.95. The normalized spacial score (nSPS) is 17.6. The number of aryl methyl sites for hydroxylation is 1. The molecule has 3 N–H and O–H groups in total. The number of nitrogens with two attached hydrogens (primary N) is 1. The predicted molar refractivity (Wildman–Crippen MR) is 109 cm³/mol. The Morgan fingerprint density at radius 1 is 1.14 bits per heavy atom. The number of primary amides is 1. The van der Waals surface area contributed by atoms with Crippen LogP contribution in [0, 0.1) is 11.2 Å². The number of hydrogen-bond acceptors (Lipinski definition) is 3. The molecule has 0 spiro atoms. The molecule has 0 aliphatic carbocycles. The molecule has 0 bridgehead atoms. The molecule has 1 atom stereocenters. The summed E-state index contributed by atoms with van der Waals surface area (Å²) in [6.07, 6.45) is 1.69. The van der Waals surface area contributed by atoms with Crippen LogP contribution in [0.25, 0.3) is 0 Å². The van der Waals surface area contributed by atoms with E-state index in [2.05, 4.69) is 6.92 Å². The fraction of sp³-hybridized carbons (Fsp3) is 0.391. The molecule has 0 radical (unpaired) electrons. The lowest BCUT2D eigenvalue weighted by molar-refractivity contribution is -0.152. The number of aliphatic carboxylic acids is 1. The van der Waals surface area contributed by atoms with E-state index >= 15 is 0 Å². The van der Waals surface area contributed by atoms with Gasteiger partial charge in [-0.05, 0) is 48.4 Å². The Kier molecular flexibility index (Phi) is 6.33. The Labute approximate surface area is 170 Å². The van der Waals surface area contributed by atoms with Gasteiger partial charge in [-0.1, -0.05) is 49.4 Å². The molecule has 5 nitrogen and oxygen atoms in total. The van der Waals surface area contributed by atoms with Crippen molar-refractivity contribution in [2.45, 2.75) is 38.6 Å². The number of hydrogen-bond donors (Lipinski definition) is 2. The van der Waals surface area contributed by atoms with E-state index in [1.165, 1.54) is 11.6 Å². The van der Waals surface area contributed by atoms with E-state index in [-0.39, 0.29) is 12.2 Å². The second kappa shape index (κ2) is 8.74. The first-order chi connectivity index (χ1) is 13.9. The molecule has 0 aromatic heterocycles. The first-order valence-electron chi connectivity index (χ1n) is 9.95. The van der Waals surface area contributed by atoms with Gasteiger partial charge in [0.05, 0.1) is 5.41 Å². The van der Waals surface area contributed by atoms with Crippen LogP contribution in [-0.2, 0) is 22.4 Å². The first kappa shape index (κ1) is 21.0. The summed E-state index contributed by atoms with van der Waals surface area (Å²) >= 11 is 0. The molecule has 1 amide bonds. The largest absolute Gasteiger partial charge is 0.481 e. The summed E-state index contributed by atoms with van der Waals surface area (Å²) in [7, 11) is 0. The van der Waals surface area contributed by atoms with E-state index in [0.29, 0.717) is 31.5 Å². The van der Waals surface area contributed by atoms with Gasteiger partial charge in [-0.25, -0.2) is 4.39 Å². The third-order valence-corrected chi connectivity index (χ3v) is 6.03. The lowest BCUT2D eigenvalue weighted by atomic mass is 9.73. The second-order valence-electron chi connectivity index (χ2n) is 7.79. The molecule has 2 aromatic rings. The minimum atomic E-state index is -1.05. The molecule has 1 aliphatic heterocycles. The monoisotopic (exact) mass is 398 g/mol. The summed E-state index contributed by atoms with van der Waals surface area (Å²) in [5.74, 6) is -1.77. The van der Waals surface area contributed by atoms with Crippen molar-refractivity contribution in [2.24, 2.45) is 11.1 Å². The van der Waals surface area contributed by atoms with Crippen molar-refractivity contribution in [1.29, 1.82) is 0 Å². The van der Waals surface area contributed by atoms with Gasteiger partial charge in [-0.15, -0.1) is 0 Å². The highest BCUT2D eigenvalue weighted by atomic mass is 19.1. The van der Waals surface area contributed by atoms with Crippen LogP contribution in [0.1, 0.15) is 42.5 Å². The molecule has 1 unspecified atom stereocenters. The molecule has 6 heteroatoms. The van der Waals surface area contributed by atoms with Crippen molar-refractivity contribution in [1.82, 2.24) is 4.90 Å². The number of amides is 1. The van der Waals surface area contributed by atoms with Crippen molar-refractivity contribution in [3.05, 3.63) is 71.0 Å². The average molecular weight is 398 g/mol. The van der Waals surface area contributed by atoms with Crippen LogP contribution in [-0.4, -0.2) is 35.0 Å². The van der Waals surface area contributed by atoms with Gasteiger partial charge in [0, 0.05) is 13.1 Å². The van der Waals surface area contributed by atoms with Gasteiger partial charge in [0.25, 0.3) is 0 Å². The lowest BCUT2D eigenvalue weighted by Crippen LogP contribution is -2.49. The van der Waals surface area contributed by atoms with E-state index in [9.17, 15) is 19.1 Å². The van der Waals surface area contributed by atoms with Crippen LogP contribution < -0.4 is 5.73 Å². The van der Waals surface area contributed by atoms with Crippen LogP contribution in [0.15, 0.2) is 48.5 Å².